The fraction of sp³-hybridized carbons (Fsp3) is 0.500. The number of amides is 2. The van der Waals surface area contributed by atoms with Gasteiger partial charge in [-0.1, -0.05) is 19.3 Å². The fourth-order valence-corrected chi connectivity index (χ4v) is 2.55. The molecule has 2 rings (SSSR count). The van der Waals surface area contributed by atoms with E-state index in [4.69, 9.17) is 5.73 Å². The Morgan fingerprint density at radius 2 is 1.84 bits per heavy atom. The van der Waals surface area contributed by atoms with Crippen LogP contribution in [0, 0.1) is 5.82 Å². The zero-order valence-corrected chi connectivity index (χ0v) is 10.9. The van der Waals surface area contributed by atoms with Crippen LogP contribution >= 0.6 is 0 Å². The molecule has 1 fully saturated rings. The molecular formula is C14H20FN3O. The molecule has 1 saturated carbocycles. The van der Waals surface area contributed by atoms with E-state index in [0.717, 1.165) is 25.7 Å². The van der Waals surface area contributed by atoms with Crippen LogP contribution in [0.2, 0.25) is 0 Å². The third kappa shape index (κ3) is 3.67. The van der Waals surface area contributed by atoms with Crippen LogP contribution < -0.4 is 16.4 Å². The summed E-state index contributed by atoms with van der Waals surface area (Å²) < 4.78 is 12.8. The number of carbonyl (C=O) groups excluding carboxylic acids is 1. The van der Waals surface area contributed by atoms with Gasteiger partial charge in [0.25, 0.3) is 0 Å². The second-order valence-corrected chi connectivity index (χ2v) is 5.13. The monoisotopic (exact) mass is 265 g/mol. The molecule has 0 spiro atoms. The van der Waals surface area contributed by atoms with Crippen molar-refractivity contribution in [2.45, 2.75) is 37.6 Å². The van der Waals surface area contributed by atoms with E-state index in [0.29, 0.717) is 12.2 Å². The molecule has 1 aliphatic carbocycles. The standard InChI is InChI=1S/C14H20FN3O/c15-11-4-6-12(7-5-11)17-13(19)18-14(10-16)8-2-1-3-9-14/h4-7H,1-3,8-10,16H2,(H2,17,18,19). The summed E-state index contributed by atoms with van der Waals surface area (Å²) in [6.45, 7) is 0.448. The van der Waals surface area contributed by atoms with Crippen LogP contribution in [0.1, 0.15) is 32.1 Å². The lowest BCUT2D eigenvalue weighted by Crippen LogP contribution is -2.55. The van der Waals surface area contributed by atoms with Gasteiger partial charge < -0.3 is 16.4 Å². The SMILES string of the molecule is NCC1(NC(=O)Nc2ccc(F)cc2)CCCCC1. The van der Waals surface area contributed by atoms with Crippen molar-refractivity contribution in [3.05, 3.63) is 30.1 Å². The predicted molar refractivity (Wildman–Crippen MR) is 73.4 cm³/mol. The zero-order chi connectivity index (χ0) is 13.7. The number of urea groups is 1. The highest BCUT2D eigenvalue weighted by Crippen LogP contribution is 2.27. The Hall–Kier alpha value is -1.62. The molecular weight excluding hydrogens is 245 g/mol. The number of halogens is 1. The first-order valence-electron chi connectivity index (χ1n) is 6.68. The summed E-state index contributed by atoms with van der Waals surface area (Å²) in [6, 6.07) is 5.42. The number of anilines is 1. The van der Waals surface area contributed by atoms with Crippen LogP contribution in [0.4, 0.5) is 14.9 Å². The van der Waals surface area contributed by atoms with Crippen LogP contribution in [0.5, 0.6) is 0 Å². The van der Waals surface area contributed by atoms with Gasteiger partial charge in [-0.2, -0.15) is 0 Å². The topological polar surface area (TPSA) is 67.1 Å². The summed E-state index contributed by atoms with van der Waals surface area (Å²) in [5.74, 6) is -0.323. The highest BCUT2D eigenvalue weighted by Gasteiger charge is 2.32. The Labute approximate surface area is 112 Å². The van der Waals surface area contributed by atoms with Gasteiger partial charge in [0, 0.05) is 12.2 Å². The highest BCUT2D eigenvalue weighted by atomic mass is 19.1. The van der Waals surface area contributed by atoms with Gasteiger partial charge in [0.1, 0.15) is 5.82 Å². The number of carbonyl (C=O) groups is 1. The van der Waals surface area contributed by atoms with Crippen molar-refractivity contribution in [1.29, 1.82) is 0 Å². The summed E-state index contributed by atoms with van der Waals surface area (Å²) in [7, 11) is 0. The lowest BCUT2D eigenvalue weighted by Gasteiger charge is -2.37. The van der Waals surface area contributed by atoms with Gasteiger partial charge in [-0.25, -0.2) is 9.18 Å². The number of rotatable bonds is 3. The zero-order valence-electron chi connectivity index (χ0n) is 10.9. The quantitative estimate of drug-likeness (QED) is 0.786. The summed E-state index contributed by atoms with van der Waals surface area (Å²) in [6.07, 6.45) is 5.21. The summed E-state index contributed by atoms with van der Waals surface area (Å²) in [5, 5.41) is 5.68. The van der Waals surface area contributed by atoms with Crippen molar-refractivity contribution >= 4 is 11.7 Å². The van der Waals surface area contributed by atoms with E-state index in [1.54, 1.807) is 0 Å². The molecule has 0 heterocycles. The first kappa shape index (κ1) is 13.8. The van der Waals surface area contributed by atoms with Crippen molar-refractivity contribution in [1.82, 2.24) is 5.32 Å². The Kier molecular flexibility index (Phi) is 4.37. The first-order valence-corrected chi connectivity index (χ1v) is 6.68. The van der Waals surface area contributed by atoms with Gasteiger partial charge in [0.05, 0.1) is 5.54 Å². The minimum absolute atomic E-state index is 0.279. The van der Waals surface area contributed by atoms with Crippen LogP contribution in [-0.2, 0) is 0 Å². The van der Waals surface area contributed by atoms with Crippen molar-refractivity contribution in [3.63, 3.8) is 0 Å². The molecule has 0 saturated heterocycles. The molecule has 5 heteroatoms. The van der Waals surface area contributed by atoms with Crippen molar-refractivity contribution < 1.29 is 9.18 Å². The molecule has 1 aliphatic rings. The molecule has 19 heavy (non-hydrogen) atoms. The van der Waals surface area contributed by atoms with E-state index in [9.17, 15) is 9.18 Å². The van der Waals surface area contributed by atoms with E-state index in [1.807, 2.05) is 0 Å². The van der Waals surface area contributed by atoms with E-state index >= 15 is 0 Å². The number of nitrogens with two attached hydrogens (primary N) is 1. The Balaban J connectivity index is 1.94. The Bertz CT molecular complexity index is 427. The molecule has 4 nitrogen and oxygen atoms in total. The molecule has 4 N–H and O–H groups in total. The van der Waals surface area contributed by atoms with Gasteiger partial charge in [-0.05, 0) is 37.1 Å². The summed E-state index contributed by atoms with van der Waals surface area (Å²) in [5.41, 5.74) is 6.09. The highest BCUT2D eigenvalue weighted by molar-refractivity contribution is 5.89. The molecule has 0 aromatic heterocycles. The van der Waals surface area contributed by atoms with Crippen molar-refractivity contribution in [2.24, 2.45) is 5.73 Å². The minimum Gasteiger partial charge on any atom is -0.331 e. The predicted octanol–water partition coefficient (Wildman–Crippen LogP) is 2.61. The number of benzene rings is 1. The van der Waals surface area contributed by atoms with E-state index in [1.165, 1.54) is 30.7 Å². The van der Waals surface area contributed by atoms with Gasteiger partial charge in [0.15, 0.2) is 0 Å². The molecule has 0 radical (unpaired) electrons. The number of hydrogen-bond acceptors (Lipinski definition) is 2. The number of nitrogens with one attached hydrogen (secondary N) is 2. The molecule has 104 valence electrons. The Morgan fingerprint density at radius 1 is 1.21 bits per heavy atom. The average Bonchev–Trinajstić information content (AvgIpc) is 2.42. The smallest absolute Gasteiger partial charge is 0.319 e. The molecule has 0 unspecified atom stereocenters. The molecule has 0 aliphatic heterocycles. The van der Waals surface area contributed by atoms with Gasteiger partial charge in [-0.15, -0.1) is 0 Å². The van der Waals surface area contributed by atoms with Crippen LogP contribution in [0.15, 0.2) is 24.3 Å². The van der Waals surface area contributed by atoms with Crippen molar-refractivity contribution in [3.8, 4) is 0 Å². The normalized spacial score (nSPS) is 17.8. The maximum Gasteiger partial charge on any atom is 0.319 e. The molecule has 1 aromatic rings. The van der Waals surface area contributed by atoms with Gasteiger partial charge in [0.2, 0.25) is 0 Å². The minimum atomic E-state index is -0.323. The second kappa shape index (κ2) is 6.02. The van der Waals surface area contributed by atoms with Crippen LogP contribution in [0.25, 0.3) is 0 Å². The van der Waals surface area contributed by atoms with E-state index in [-0.39, 0.29) is 17.4 Å². The third-order valence-corrected chi connectivity index (χ3v) is 3.68. The van der Waals surface area contributed by atoms with Crippen LogP contribution in [0.3, 0.4) is 0 Å². The molecule has 2 amide bonds. The lowest BCUT2D eigenvalue weighted by atomic mass is 9.82. The lowest BCUT2D eigenvalue weighted by molar-refractivity contribution is 0.215. The summed E-state index contributed by atoms with van der Waals surface area (Å²) >= 11 is 0. The molecule has 0 atom stereocenters. The molecule has 0 bridgehead atoms. The van der Waals surface area contributed by atoms with E-state index in [2.05, 4.69) is 10.6 Å². The van der Waals surface area contributed by atoms with Crippen molar-refractivity contribution in [2.75, 3.05) is 11.9 Å². The van der Waals surface area contributed by atoms with Gasteiger partial charge >= 0.3 is 6.03 Å². The maximum absolute atomic E-state index is 12.8. The first-order chi connectivity index (χ1) is 9.13. The maximum atomic E-state index is 12.8. The summed E-state index contributed by atoms with van der Waals surface area (Å²) in [4.78, 5) is 12.0. The van der Waals surface area contributed by atoms with Crippen LogP contribution in [-0.4, -0.2) is 18.1 Å². The van der Waals surface area contributed by atoms with E-state index < -0.39 is 0 Å². The van der Waals surface area contributed by atoms with Gasteiger partial charge in [-0.3, -0.25) is 0 Å². The second-order valence-electron chi connectivity index (χ2n) is 5.13. The average molecular weight is 265 g/mol. The third-order valence-electron chi connectivity index (χ3n) is 3.68. The molecule has 1 aromatic carbocycles. The Morgan fingerprint density at radius 3 is 2.42 bits per heavy atom. The fourth-order valence-electron chi connectivity index (χ4n) is 2.55. The number of hydrogen-bond donors (Lipinski definition) is 3. The largest absolute Gasteiger partial charge is 0.331 e.